The Balaban J connectivity index is 2.23. The van der Waals surface area contributed by atoms with Gasteiger partial charge in [-0.1, -0.05) is 32.4 Å². The first-order chi connectivity index (χ1) is 9.55. The molecule has 20 heavy (non-hydrogen) atoms. The molecule has 1 heterocycles. The van der Waals surface area contributed by atoms with Crippen molar-refractivity contribution in [3.63, 3.8) is 0 Å². The van der Waals surface area contributed by atoms with Crippen molar-refractivity contribution in [3.8, 4) is 5.75 Å². The van der Waals surface area contributed by atoms with Gasteiger partial charge in [-0.2, -0.15) is 0 Å². The molecule has 1 N–H and O–H groups in total. The van der Waals surface area contributed by atoms with E-state index in [2.05, 4.69) is 51.2 Å². The van der Waals surface area contributed by atoms with Gasteiger partial charge >= 0.3 is 0 Å². The molecule has 0 amide bonds. The second kappa shape index (κ2) is 6.62. The van der Waals surface area contributed by atoms with Crippen LogP contribution < -0.4 is 10.1 Å². The third-order valence-corrected chi connectivity index (χ3v) is 3.99. The Morgan fingerprint density at radius 3 is 2.75 bits per heavy atom. The Kier molecular flexibility index (Phi) is 5.09. The smallest absolute Gasteiger partial charge is 0.124 e. The molecule has 1 atom stereocenters. The van der Waals surface area contributed by atoms with E-state index in [-0.39, 0.29) is 5.60 Å². The van der Waals surface area contributed by atoms with Crippen LogP contribution in [0.4, 0.5) is 0 Å². The summed E-state index contributed by atoms with van der Waals surface area (Å²) in [6.45, 7) is 9.90. The number of nitrogens with one attached hydrogen (secondary N) is 1. The minimum Gasteiger partial charge on any atom is -0.487 e. The molecule has 1 unspecified atom stereocenters. The monoisotopic (exact) mass is 275 g/mol. The number of fused-ring (bicyclic) bond motifs is 1. The minimum atomic E-state index is -0.0800. The third-order valence-electron chi connectivity index (χ3n) is 3.99. The molecule has 2 heteroatoms. The molecule has 0 bridgehead atoms. The summed E-state index contributed by atoms with van der Waals surface area (Å²) in [6, 6.07) is 7.18. The average Bonchev–Trinajstić information content (AvgIpc) is 2.41. The average molecular weight is 275 g/mol. The van der Waals surface area contributed by atoms with Gasteiger partial charge in [0.25, 0.3) is 0 Å². The first-order valence-electron chi connectivity index (χ1n) is 8.11. The van der Waals surface area contributed by atoms with Crippen LogP contribution in [0.3, 0.4) is 0 Å². The van der Waals surface area contributed by atoms with Crippen LogP contribution in [-0.2, 0) is 6.42 Å². The van der Waals surface area contributed by atoms with Gasteiger partial charge in [0, 0.05) is 18.0 Å². The van der Waals surface area contributed by atoms with Crippen molar-refractivity contribution in [3.05, 3.63) is 29.3 Å². The van der Waals surface area contributed by atoms with Crippen molar-refractivity contribution in [2.75, 3.05) is 6.54 Å². The number of benzene rings is 1. The van der Waals surface area contributed by atoms with Gasteiger partial charge in [0.2, 0.25) is 0 Å². The van der Waals surface area contributed by atoms with Gasteiger partial charge in [-0.3, -0.25) is 0 Å². The lowest BCUT2D eigenvalue weighted by Gasteiger charge is -2.38. The summed E-state index contributed by atoms with van der Waals surface area (Å²) >= 11 is 0. The summed E-state index contributed by atoms with van der Waals surface area (Å²) in [5.74, 6) is 1.06. The standard InChI is InChI=1S/C18H29NO/c1-5-7-8-14-9-10-17-15(12-14)16(19-11-6-2)13-18(3,4)20-17/h9-10,12,16,19H,5-8,11,13H2,1-4H3. The molecule has 112 valence electrons. The first-order valence-corrected chi connectivity index (χ1v) is 8.11. The van der Waals surface area contributed by atoms with Crippen LogP contribution >= 0.6 is 0 Å². The summed E-state index contributed by atoms with van der Waals surface area (Å²) < 4.78 is 6.15. The maximum absolute atomic E-state index is 6.15. The van der Waals surface area contributed by atoms with E-state index in [1.807, 2.05) is 0 Å². The molecule has 0 spiro atoms. The fourth-order valence-corrected chi connectivity index (χ4v) is 2.94. The maximum atomic E-state index is 6.15. The van der Waals surface area contributed by atoms with Crippen molar-refractivity contribution in [1.82, 2.24) is 5.32 Å². The Bertz CT molecular complexity index is 439. The number of unbranched alkanes of at least 4 members (excludes halogenated alkanes) is 1. The van der Waals surface area contributed by atoms with E-state index in [1.165, 1.54) is 36.8 Å². The second-order valence-corrected chi connectivity index (χ2v) is 6.55. The molecular formula is C18H29NO. The minimum absolute atomic E-state index is 0.0800. The van der Waals surface area contributed by atoms with Crippen molar-refractivity contribution in [1.29, 1.82) is 0 Å². The van der Waals surface area contributed by atoms with Crippen LogP contribution in [0.2, 0.25) is 0 Å². The predicted octanol–water partition coefficient (Wildman–Crippen LogP) is 4.63. The van der Waals surface area contributed by atoms with Crippen molar-refractivity contribution in [2.45, 2.75) is 71.4 Å². The largest absolute Gasteiger partial charge is 0.487 e. The maximum Gasteiger partial charge on any atom is 0.124 e. The fraction of sp³-hybridized carbons (Fsp3) is 0.667. The van der Waals surface area contributed by atoms with Gasteiger partial charge in [0.05, 0.1) is 0 Å². The number of ether oxygens (including phenoxy) is 1. The van der Waals surface area contributed by atoms with E-state index in [4.69, 9.17) is 4.74 Å². The Hall–Kier alpha value is -1.02. The number of hydrogen-bond donors (Lipinski definition) is 1. The molecule has 0 saturated carbocycles. The molecule has 0 aromatic heterocycles. The van der Waals surface area contributed by atoms with Gasteiger partial charge in [-0.05, 0) is 51.3 Å². The van der Waals surface area contributed by atoms with E-state index in [0.717, 1.165) is 18.7 Å². The Morgan fingerprint density at radius 1 is 1.25 bits per heavy atom. The van der Waals surface area contributed by atoms with Gasteiger partial charge in [0.1, 0.15) is 11.4 Å². The molecule has 2 nitrogen and oxygen atoms in total. The molecule has 0 radical (unpaired) electrons. The zero-order valence-corrected chi connectivity index (χ0v) is 13.5. The third kappa shape index (κ3) is 3.76. The van der Waals surface area contributed by atoms with Crippen LogP contribution in [-0.4, -0.2) is 12.1 Å². The van der Waals surface area contributed by atoms with Gasteiger partial charge in [0.15, 0.2) is 0 Å². The molecule has 0 fully saturated rings. The van der Waals surface area contributed by atoms with E-state index in [0.29, 0.717) is 6.04 Å². The highest BCUT2D eigenvalue weighted by molar-refractivity contribution is 5.42. The molecule has 1 aromatic rings. The highest BCUT2D eigenvalue weighted by Crippen LogP contribution is 2.40. The SMILES string of the molecule is CCCCc1ccc2c(c1)C(NCCC)CC(C)(C)O2. The summed E-state index contributed by atoms with van der Waals surface area (Å²) in [4.78, 5) is 0. The molecule has 0 saturated heterocycles. The van der Waals surface area contributed by atoms with Crippen LogP contribution in [0.1, 0.15) is 70.5 Å². The van der Waals surface area contributed by atoms with Crippen LogP contribution in [0.15, 0.2) is 18.2 Å². The number of aryl methyl sites for hydroxylation is 1. The number of rotatable bonds is 6. The molecular weight excluding hydrogens is 246 g/mol. The quantitative estimate of drug-likeness (QED) is 0.817. The second-order valence-electron chi connectivity index (χ2n) is 6.55. The highest BCUT2D eigenvalue weighted by atomic mass is 16.5. The molecule has 1 aromatic carbocycles. The van der Waals surface area contributed by atoms with Crippen LogP contribution in [0.5, 0.6) is 5.75 Å². The van der Waals surface area contributed by atoms with Gasteiger partial charge in [-0.25, -0.2) is 0 Å². The van der Waals surface area contributed by atoms with Crippen LogP contribution in [0, 0.1) is 0 Å². The Labute approximate surface area is 123 Å². The zero-order valence-electron chi connectivity index (χ0n) is 13.5. The lowest BCUT2D eigenvalue weighted by molar-refractivity contribution is 0.0661. The molecule has 1 aliphatic heterocycles. The van der Waals surface area contributed by atoms with E-state index >= 15 is 0 Å². The van der Waals surface area contributed by atoms with Crippen molar-refractivity contribution in [2.24, 2.45) is 0 Å². The zero-order chi connectivity index (χ0) is 14.6. The number of hydrogen-bond acceptors (Lipinski definition) is 2. The first kappa shape index (κ1) is 15.4. The van der Waals surface area contributed by atoms with E-state index in [1.54, 1.807) is 0 Å². The van der Waals surface area contributed by atoms with Gasteiger partial charge in [-0.15, -0.1) is 0 Å². The predicted molar refractivity (Wildman–Crippen MR) is 85.4 cm³/mol. The topological polar surface area (TPSA) is 21.3 Å². The summed E-state index contributed by atoms with van der Waals surface area (Å²) in [5.41, 5.74) is 2.71. The lowest BCUT2D eigenvalue weighted by Crippen LogP contribution is -2.39. The van der Waals surface area contributed by atoms with E-state index < -0.39 is 0 Å². The summed E-state index contributed by atoms with van der Waals surface area (Å²) in [6.07, 6.45) is 5.89. The van der Waals surface area contributed by atoms with E-state index in [9.17, 15) is 0 Å². The van der Waals surface area contributed by atoms with Crippen molar-refractivity contribution < 1.29 is 4.74 Å². The summed E-state index contributed by atoms with van der Waals surface area (Å²) in [7, 11) is 0. The highest BCUT2D eigenvalue weighted by Gasteiger charge is 2.33. The van der Waals surface area contributed by atoms with Crippen molar-refractivity contribution >= 4 is 0 Å². The fourth-order valence-electron chi connectivity index (χ4n) is 2.94. The summed E-state index contributed by atoms with van der Waals surface area (Å²) in [5, 5.41) is 3.69. The molecule has 2 rings (SSSR count). The van der Waals surface area contributed by atoms with Gasteiger partial charge < -0.3 is 10.1 Å². The molecule has 0 aliphatic carbocycles. The lowest BCUT2D eigenvalue weighted by atomic mass is 9.88. The molecule has 1 aliphatic rings. The Morgan fingerprint density at radius 2 is 2.05 bits per heavy atom. The normalized spacial score (nSPS) is 20.3. The van der Waals surface area contributed by atoms with Crippen LogP contribution in [0.25, 0.3) is 0 Å².